The molecule has 1 unspecified atom stereocenters. The summed E-state index contributed by atoms with van der Waals surface area (Å²) in [6.07, 6.45) is 0.128. The molecule has 8 nitrogen and oxygen atoms in total. The van der Waals surface area contributed by atoms with Crippen LogP contribution in [0.4, 0.5) is 0 Å². The van der Waals surface area contributed by atoms with Gasteiger partial charge in [0.1, 0.15) is 11.5 Å². The molecule has 5 rings (SSSR count). The van der Waals surface area contributed by atoms with Crippen LogP contribution in [0.2, 0.25) is 0 Å². The lowest BCUT2D eigenvalue weighted by Gasteiger charge is -2.25. The summed E-state index contributed by atoms with van der Waals surface area (Å²) in [4.78, 5) is 32.1. The SMILES string of the molecule is COC(c1ccccc1)c1nc2c(o1)CCN(C(=O)c1nn(C)c(=O)c3ccccc13)C2. The number of fused-ring (bicyclic) bond motifs is 2. The third-order valence-corrected chi connectivity index (χ3v) is 5.75. The highest BCUT2D eigenvalue weighted by Crippen LogP contribution is 2.29. The number of carbonyl (C=O) groups excluding carboxylic acids is 1. The number of oxazole rings is 1. The lowest BCUT2D eigenvalue weighted by molar-refractivity contribution is 0.0721. The van der Waals surface area contributed by atoms with Gasteiger partial charge < -0.3 is 14.1 Å². The monoisotopic (exact) mass is 430 g/mol. The van der Waals surface area contributed by atoms with E-state index in [1.54, 1.807) is 43.3 Å². The van der Waals surface area contributed by atoms with E-state index in [-0.39, 0.29) is 17.2 Å². The molecule has 0 fully saturated rings. The molecule has 0 bridgehead atoms. The largest absolute Gasteiger partial charge is 0.442 e. The van der Waals surface area contributed by atoms with E-state index < -0.39 is 6.10 Å². The molecule has 1 atom stereocenters. The maximum atomic E-state index is 13.4. The molecule has 3 heterocycles. The number of methoxy groups -OCH3 is 1. The highest BCUT2D eigenvalue weighted by molar-refractivity contribution is 6.04. The predicted molar refractivity (Wildman–Crippen MR) is 117 cm³/mol. The molecular formula is C24H22N4O4. The van der Waals surface area contributed by atoms with E-state index in [4.69, 9.17) is 9.15 Å². The van der Waals surface area contributed by atoms with Gasteiger partial charge in [0.25, 0.3) is 11.5 Å². The molecular weight excluding hydrogens is 408 g/mol. The molecule has 1 aliphatic rings. The van der Waals surface area contributed by atoms with Crippen molar-refractivity contribution < 1.29 is 13.9 Å². The predicted octanol–water partition coefficient (Wildman–Crippen LogP) is 2.86. The fourth-order valence-electron chi connectivity index (χ4n) is 4.12. The Morgan fingerprint density at radius 2 is 1.81 bits per heavy atom. The van der Waals surface area contributed by atoms with Crippen LogP contribution in [0.3, 0.4) is 0 Å². The Labute approximate surface area is 184 Å². The minimum absolute atomic E-state index is 0.231. The maximum absolute atomic E-state index is 13.4. The van der Waals surface area contributed by atoms with Crippen molar-refractivity contribution in [3.63, 3.8) is 0 Å². The van der Waals surface area contributed by atoms with Crippen molar-refractivity contribution in [2.75, 3.05) is 13.7 Å². The van der Waals surface area contributed by atoms with E-state index in [9.17, 15) is 9.59 Å². The Morgan fingerprint density at radius 3 is 2.56 bits per heavy atom. The lowest BCUT2D eigenvalue weighted by Crippen LogP contribution is -2.37. The molecule has 8 heteroatoms. The molecule has 0 saturated heterocycles. The van der Waals surface area contributed by atoms with Crippen molar-refractivity contribution in [1.29, 1.82) is 0 Å². The van der Waals surface area contributed by atoms with Gasteiger partial charge in [-0.25, -0.2) is 9.67 Å². The summed E-state index contributed by atoms with van der Waals surface area (Å²) in [6.45, 7) is 0.782. The Kier molecular flexibility index (Phi) is 5.07. The van der Waals surface area contributed by atoms with Crippen molar-refractivity contribution in [2.45, 2.75) is 19.1 Å². The van der Waals surface area contributed by atoms with Gasteiger partial charge in [0, 0.05) is 32.5 Å². The van der Waals surface area contributed by atoms with Crippen LogP contribution in [0.25, 0.3) is 10.8 Å². The van der Waals surface area contributed by atoms with Gasteiger partial charge in [0.15, 0.2) is 11.8 Å². The first kappa shape index (κ1) is 20.1. The maximum Gasteiger partial charge on any atom is 0.275 e. The summed E-state index contributed by atoms with van der Waals surface area (Å²) in [5.41, 5.74) is 1.69. The number of amides is 1. The standard InChI is InChI=1S/C24H22N4O4/c1-27-23(29)17-11-7-6-10-16(17)20(26-27)24(30)28-13-12-19-18(14-28)25-22(32-19)21(31-2)15-8-4-3-5-9-15/h3-11,21H,12-14H2,1-2H3. The van der Waals surface area contributed by atoms with E-state index in [0.717, 1.165) is 11.3 Å². The summed E-state index contributed by atoms with van der Waals surface area (Å²) in [6, 6.07) is 16.8. The fraction of sp³-hybridized carbons (Fsp3) is 0.250. The van der Waals surface area contributed by atoms with Crippen molar-refractivity contribution in [2.24, 2.45) is 7.05 Å². The molecule has 32 heavy (non-hydrogen) atoms. The van der Waals surface area contributed by atoms with Crippen molar-refractivity contribution in [1.82, 2.24) is 19.7 Å². The first-order valence-corrected chi connectivity index (χ1v) is 10.4. The first-order chi connectivity index (χ1) is 15.6. The van der Waals surface area contributed by atoms with Crippen LogP contribution in [0, 0.1) is 0 Å². The zero-order valence-corrected chi connectivity index (χ0v) is 17.8. The number of rotatable bonds is 4. The number of hydrogen-bond acceptors (Lipinski definition) is 6. The second-order valence-electron chi connectivity index (χ2n) is 7.75. The van der Waals surface area contributed by atoms with E-state index in [1.165, 1.54) is 4.68 Å². The summed E-state index contributed by atoms with van der Waals surface area (Å²) in [5.74, 6) is 1.00. The third-order valence-electron chi connectivity index (χ3n) is 5.75. The van der Waals surface area contributed by atoms with Crippen LogP contribution in [0.15, 0.2) is 63.8 Å². The summed E-state index contributed by atoms with van der Waals surface area (Å²) in [7, 11) is 3.17. The molecule has 0 aliphatic carbocycles. The molecule has 1 amide bonds. The molecule has 2 aromatic heterocycles. The van der Waals surface area contributed by atoms with Gasteiger partial charge in [-0.2, -0.15) is 5.10 Å². The molecule has 0 saturated carbocycles. The molecule has 162 valence electrons. The van der Waals surface area contributed by atoms with Crippen molar-refractivity contribution in [3.05, 3.63) is 93.6 Å². The molecule has 1 aliphatic heterocycles. The van der Waals surface area contributed by atoms with E-state index in [2.05, 4.69) is 10.1 Å². The molecule has 2 aromatic carbocycles. The van der Waals surface area contributed by atoms with E-state index in [0.29, 0.717) is 41.9 Å². The lowest BCUT2D eigenvalue weighted by atomic mass is 10.1. The minimum atomic E-state index is -0.416. The first-order valence-electron chi connectivity index (χ1n) is 10.4. The van der Waals surface area contributed by atoms with Gasteiger partial charge in [-0.15, -0.1) is 0 Å². The topological polar surface area (TPSA) is 90.5 Å². The van der Waals surface area contributed by atoms with E-state index >= 15 is 0 Å². The summed E-state index contributed by atoms with van der Waals surface area (Å²) in [5, 5.41) is 5.29. The quantitative estimate of drug-likeness (QED) is 0.495. The molecule has 4 aromatic rings. The summed E-state index contributed by atoms with van der Waals surface area (Å²) >= 11 is 0. The van der Waals surface area contributed by atoms with Gasteiger partial charge in [-0.3, -0.25) is 9.59 Å². The van der Waals surface area contributed by atoms with Crippen LogP contribution in [0.5, 0.6) is 0 Å². The number of carbonyl (C=O) groups is 1. The van der Waals surface area contributed by atoms with Crippen molar-refractivity contribution >= 4 is 16.7 Å². The zero-order chi connectivity index (χ0) is 22.2. The number of ether oxygens (including phenoxy) is 1. The fourth-order valence-corrected chi connectivity index (χ4v) is 4.12. The van der Waals surface area contributed by atoms with Crippen LogP contribution < -0.4 is 5.56 Å². The van der Waals surface area contributed by atoms with Gasteiger partial charge in [0.2, 0.25) is 5.89 Å². The normalized spacial score (nSPS) is 14.4. The van der Waals surface area contributed by atoms with Crippen LogP contribution >= 0.6 is 0 Å². The van der Waals surface area contributed by atoms with Gasteiger partial charge in [-0.1, -0.05) is 48.5 Å². The van der Waals surface area contributed by atoms with E-state index in [1.807, 2.05) is 30.3 Å². The average molecular weight is 430 g/mol. The van der Waals surface area contributed by atoms with Crippen molar-refractivity contribution in [3.8, 4) is 0 Å². The summed E-state index contributed by atoms with van der Waals surface area (Å²) < 4.78 is 12.9. The van der Waals surface area contributed by atoms with Gasteiger partial charge in [-0.05, 0) is 11.6 Å². The zero-order valence-electron chi connectivity index (χ0n) is 17.8. The number of aryl methyl sites for hydroxylation is 1. The van der Waals surface area contributed by atoms with Gasteiger partial charge in [0.05, 0.1) is 11.9 Å². The van der Waals surface area contributed by atoms with Crippen LogP contribution in [-0.2, 0) is 24.8 Å². The van der Waals surface area contributed by atoms with Gasteiger partial charge >= 0.3 is 0 Å². The molecule has 0 N–H and O–H groups in total. The minimum Gasteiger partial charge on any atom is -0.442 e. The molecule has 0 radical (unpaired) electrons. The Morgan fingerprint density at radius 1 is 1.09 bits per heavy atom. The third kappa shape index (κ3) is 3.38. The van der Waals surface area contributed by atoms with Crippen LogP contribution in [-0.4, -0.2) is 39.2 Å². The number of aromatic nitrogens is 3. The molecule has 0 spiro atoms. The second kappa shape index (κ2) is 8.05. The smallest absolute Gasteiger partial charge is 0.275 e. The number of nitrogens with zero attached hydrogens (tertiary/aromatic N) is 4. The van der Waals surface area contributed by atoms with Crippen LogP contribution in [0.1, 0.15) is 39.5 Å². The second-order valence-corrected chi connectivity index (χ2v) is 7.75. The number of hydrogen-bond donors (Lipinski definition) is 0. The highest BCUT2D eigenvalue weighted by Gasteiger charge is 2.30. The Balaban J connectivity index is 1.45. The Bertz CT molecular complexity index is 1360. The number of benzene rings is 2. The highest BCUT2D eigenvalue weighted by atomic mass is 16.5. The average Bonchev–Trinajstić information content (AvgIpc) is 3.25. The Hall–Kier alpha value is -3.78.